The van der Waals surface area contributed by atoms with E-state index in [4.69, 9.17) is 4.74 Å². The molecule has 1 rings (SSSR count). The Balaban J connectivity index is 3.43. The number of methoxy groups -OCH3 is 1. The van der Waals surface area contributed by atoms with E-state index in [-0.39, 0.29) is 5.41 Å². The molecule has 1 nitrogen and oxygen atoms in total. The van der Waals surface area contributed by atoms with Gasteiger partial charge in [-0.3, -0.25) is 0 Å². The molecule has 0 saturated heterocycles. The molecular weight excluding hydrogens is 196 g/mol. The summed E-state index contributed by atoms with van der Waals surface area (Å²) >= 11 is 0. The largest absolute Gasteiger partial charge is 0.496 e. The number of ether oxygens (including phenoxy) is 1. The highest BCUT2D eigenvalue weighted by atomic mass is 16.5. The molecule has 1 aromatic carbocycles. The molecule has 0 aliphatic heterocycles. The Morgan fingerprint density at radius 3 is 2.06 bits per heavy atom. The van der Waals surface area contributed by atoms with Gasteiger partial charge in [-0.2, -0.15) is 0 Å². The van der Waals surface area contributed by atoms with Crippen molar-refractivity contribution in [1.29, 1.82) is 0 Å². The van der Waals surface area contributed by atoms with Crippen molar-refractivity contribution in [1.82, 2.24) is 0 Å². The van der Waals surface area contributed by atoms with Crippen LogP contribution in [-0.2, 0) is 18.3 Å². The third-order valence-corrected chi connectivity index (χ3v) is 3.10. The molecule has 0 spiro atoms. The van der Waals surface area contributed by atoms with E-state index in [1.807, 2.05) is 0 Å². The first-order valence-electron chi connectivity index (χ1n) is 6.14. The highest BCUT2D eigenvalue weighted by molar-refractivity contribution is 5.49. The standard InChI is InChI=1S/C15H24O/c1-7-11-9-10-13(15(3,4)5)14(16-6)12(11)8-2/h9-10H,7-8H2,1-6H3. The minimum Gasteiger partial charge on any atom is -0.496 e. The molecule has 0 saturated carbocycles. The Kier molecular flexibility index (Phi) is 4.01. The van der Waals surface area contributed by atoms with E-state index in [0.717, 1.165) is 18.6 Å². The van der Waals surface area contributed by atoms with Crippen LogP contribution in [0, 0.1) is 0 Å². The maximum atomic E-state index is 5.64. The second-order valence-corrected chi connectivity index (χ2v) is 5.24. The molecule has 0 fully saturated rings. The molecule has 0 atom stereocenters. The molecule has 0 bridgehead atoms. The van der Waals surface area contributed by atoms with E-state index in [0.29, 0.717) is 0 Å². The Hall–Kier alpha value is -0.980. The fourth-order valence-electron chi connectivity index (χ4n) is 2.21. The second kappa shape index (κ2) is 4.90. The number of hydrogen-bond acceptors (Lipinski definition) is 1. The van der Waals surface area contributed by atoms with Crippen LogP contribution in [0.1, 0.15) is 51.3 Å². The van der Waals surface area contributed by atoms with Crippen LogP contribution in [0.3, 0.4) is 0 Å². The van der Waals surface area contributed by atoms with E-state index in [1.54, 1.807) is 7.11 Å². The smallest absolute Gasteiger partial charge is 0.126 e. The third kappa shape index (κ3) is 2.40. The topological polar surface area (TPSA) is 9.23 Å². The SMILES string of the molecule is CCc1ccc(C(C)(C)C)c(OC)c1CC. The van der Waals surface area contributed by atoms with Crippen LogP contribution in [0.15, 0.2) is 12.1 Å². The molecule has 1 heteroatoms. The highest BCUT2D eigenvalue weighted by Crippen LogP contribution is 2.36. The van der Waals surface area contributed by atoms with Gasteiger partial charge in [0.15, 0.2) is 0 Å². The molecule has 16 heavy (non-hydrogen) atoms. The van der Waals surface area contributed by atoms with Crippen molar-refractivity contribution in [2.45, 2.75) is 52.9 Å². The van der Waals surface area contributed by atoms with Gasteiger partial charge >= 0.3 is 0 Å². The van der Waals surface area contributed by atoms with E-state index < -0.39 is 0 Å². The molecular formula is C15H24O. The summed E-state index contributed by atoms with van der Waals surface area (Å²) in [6, 6.07) is 4.47. The summed E-state index contributed by atoms with van der Waals surface area (Å²) in [7, 11) is 1.78. The van der Waals surface area contributed by atoms with Gasteiger partial charge in [-0.15, -0.1) is 0 Å². The Morgan fingerprint density at radius 2 is 1.69 bits per heavy atom. The fraction of sp³-hybridized carbons (Fsp3) is 0.600. The number of aryl methyl sites for hydroxylation is 1. The molecule has 0 aliphatic carbocycles. The molecule has 0 aromatic heterocycles. The molecule has 1 aromatic rings. The van der Waals surface area contributed by atoms with Gasteiger partial charge in [0.05, 0.1) is 7.11 Å². The van der Waals surface area contributed by atoms with Crippen molar-refractivity contribution in [3.05, 3.63) is 28.8 Å². The van der Waals surface area contributed by atoms with Gasteiger partial charge in [0.1, 0.15) is 5.75 Å². The summed E-state index contributed by atoms with van der Waals surface area (Å²) in [6.45, 7) is 11.1. The number of hydrogen-bond donors (Lipinski definition) is 0. The maximum absolute atomic E-state index is 5.64. The van der Waals surface area contributed by atoms with Gasteiger partial charge in [-0.05, 0) is 34.9 Å². The van der Waals surface area contributed by atoms with Gasteiger partial charge < -0.3 is 4.74 Å². The normalized spacial score (nSPS) is 11.6. The first-order chi connectivity index (χ1) is 7.45. The quantitative estimate of drug-likeness (QED) is 0.744. The zero-order valence-electron chi connectivity index (χ0n) is 11.5. The molecule has 0 N–H and O–H groups in total. The first kappa shape index (κ1) is 13.1. The van der Waals surface area contributed by atoms with Crippen LogP contribution < -0.4 is 4.74 Å². The van der Waals surface area contributed by atoms with Crippen LogP contribution in [0.5, 0.6) is 5.75 Å². The van der Waals surface area contributed by atoms with Crippen molar-refractivity contribution in [3.8, 4) is 5.75 Å². The highest BCUT2D eigenvalue weighted by Gasteiger charge is 2.21. The van der Waals surface area contributed by atoms with E-state index >= 15 is 0 Å². The van der Waals surface area contributed by atoms with Crippen LogP contribution in [0.2, 0.25) is 0 Å². The summed E-state index contributed by atoms with van der Waals surface area (Å²) in [5.74, 6) is 1.09. The van der Waals surface area contributed by atoms with E-state index in [1.165, 1.54) is 16.7 Å². The first-order valence-corrected chi connectivity index (χ1v) is 6.14. The second-order valence-electron chi connectivity index (χ2n) is 5.24. The van der Waals surface area contributed by atoms with Gasteiger partial charge in [0, 0.05) is 0 Å². The number of rotatable bonds is 3. The molecule has 0 radical (unpaired) electrons. The maximum Gasteiger partial charge on any atom is 0.126 e. The molecule has 0 heterocycles. The average Bonchev–Trinajstić information content (AvgIpc) is 2.25. The van der Waals surface area contributed by atoms with Gasteiger partial charge in [0.25, 0.3) is 0 Å². The van der Waals surface area contributed by atoms with Crippen molar-refractivity contribution in [2.75, 3.05) is 7.11 Å². The van der Waals surface area contributed by atoms with Crippen molar-refractivity contribution in [2.24, 2.45) is 0 Å². The predicted molar refractivity (Wildman–Crippen MR) is 70.5 cm³/mol. The fourth-order valence-corrected chi connectivity index (χ4v) is 2.21. The minimum atomic E-state index is 0.140. The van der Waals surface area contributed by atoms with Crippen molar-refractivity contribution >= 4 is 0 Å². The Bertz CT molecular complexity index is 358. The number of benzene rings is 1. The lowest BCUT2D eigenvalue weighted by atomic mass is 9.83. The summed E-state index contributed by atoms with van der Waals surface area (Å²) in [5, 5.41) is 0. The van der Waals surface area contributed by atoms with E-state index in [9.17, 15) is 0 Å². The third-order valence-electron chi connectivity index (χ3n) is 3.10. The van der Waals surface area contributed by atoms with Crippen molar-refractivity contribution < 1.29 is 4.74 Å². The predicted octanol–water partition coefficient (Wildman–Crippen LogP) is 4.12. The summed E-state index contributed by atoms with van der Waals surface area (Å²) in [5.41, 5.74) is 4.23. The zero-order chi connectivity index (χ0) is 12.3. The minimum absolute atomic E-state index is 0.140. The van der Waals surface area contributed by atoms with Crippen molar-refractivity contribution in [3.63, 3.8) is 0 Å². The van der Waals surface area contributed by atoms with Gasteiger partial charge in [-0.25, -0.2) is 0 Å². The summed E-state index contributed by atoms with van der Waals surface area (Å²) in [6.07, 6.45) is 2.11. The monoisotopic (exact) mass is 220 g/mol. The van der Waals surface area contributed by atoms with E-state index in [2.05, 4.69) is 46.8 Å². The lowest BCUT2D eigenvalue weighted by molar-refractivity contribution is 0.392. The molecule has 0 unspecified atom stereocenters. The van der Waals surface area contributed by atoms with Gasteiger partial charge in [-0.1, -0.05) is 46.8 Å². The Morgan fingerprint density at radius 1 is 1.06 bits per heavy atom. The van der Waals surface area contributed by atoms with Crippen LogP contribution in [0.25, 0.3) is 0 Å². The Labute approximate surface area is 99.8 Å². The summed E-state index contributed by atoms with van der Waals surface area (Å²) < 4.78 is 5.64. The lowest BCUT2D eigenvalue weighted by Crippen LogP contribution is -2.14. The molecule has 90 valence electrons. The summed E-state index contributed by atoms with van der Waals surface area (Å²) in [4.78, 5) is 0. The molecule has 0 amide bonds. The average molecular weight is 220 g/mol. The van der Waals surface area contributed by atoms with Crippen LogP contribution in [-0.4, -0.2) is 7.11 Å². The lowest BCUT2D eigenvalue weighted by Gasteiger charge is -2.25. The molecule has 0 aliphatic rings. The van der Waals surface area contributed by atoms with Gasteiger partial charge in [0.2, 0.25) is 0 Å². The van der Waals surface area contributed by atoms with Crippen LogP contribution in [0.4, 0.5) is 0 Å². The van der Waals surface area contributed by atoms with Crippen LogP contribution >= 0.6 is 0 Å². The zero-order valence-corrected chi connectivity index (χ0v) is 11.5.